The van der Waals surface area contributed by atoms with E-state index in [0.29, 0.717) is 18.1 Å². The molecule has 0 aliphatic rings. The van der Waals surface area contributed by atoms with Gasteiger partial charge in [-0.25, -0.2) is 0 Å². The Hall–Kier alpha value is -1.30. The molecule has 112 valence electrons. The third-order valence-electron chi connectivity index (χ3n) is 3.55. The van der Waals surface area contributed by atoms with Gasteiger partial charge in [0.15, 0.2) is 5.69 Å². The van der Waals surface area contributed by atoms with Crippen LogP contribution in [0.4, 0.5) is 5.82 Å². The van der Waals surface area contributed by atoms with Crippen LogP contribution in [0.25, 0.3) is 0 Å². The summed E-state index contributed by atoms with van der Waals surface area (Å²) in [4.78, 5) is 12.1. The minimum atomic E-state index is -0.166. The average molecular weight is 296 g/mol. The first-order valence-corrected chi connectivity index (χ1v) is 8.24. The molecule has 1 rings (SSSR count). The number of carbonyl (C=O) groups excluding carboxylic acids is 1. The lowest BCUT2D eigenvalue weighted by molar-refractivity contribution is 0.0943. The van der Waals surface area contributed by atoms with Crippen LogP contribution >= 0.6 is 11.8 Å². The van der Waals surface area contributed by atoms with Crippen molar-refractivity contribution in [3.63, 3.8) is 0 Å². The van der Waals surface area contributed by atoms with Crippen LogP contribution in [0.5, 0.6) is 0 Å². The van der Waals surface area contributed by atoms with Crippen molar-refractivity contribution < 1.29 is 4.79 Å². The molecule has 0 unspecified atom stereocenters. The van der Waals surface area contributed by atoms with Gasteiger partial charge in [0.05, 0.1) is 0 Å². The highest BCUT2D eigenvalue weighted by Crippen LogP contribution is 2.29. The minimum Gasteiger partial charge on any atom is -0.369 e. The van der Waals surface area contributed by atoms with Crippen molar-refractivity contribution >= 4 is 23.5 Å². The van der Waals surface area contributed by atoms with Gasteiger partial charge < -0.3 is 10.6 Å². The van der Waals surface area contributed by atoms with Crippen molar-refractivity contribution in [3.05, 3.63) is 17.8 Å². The summed E-state index contributed by atoms with van der Waals surface area (Å²) in [6.07, 6.45) is 4.14. The summed E-state index contributed by atoms with van der Waals surface area (Å²) in [5.74, 6) is 0.519. The highest BCUT2D eigenvalue weighted by Gasteiger charge is 2.25. The van der Waals surface area contributed by atoms with Gasteiger partial charge in [-0.3, -0.25) is 4.79 Å². The molecular formula is C14H24N4OS. The lowest BCUT2D eigenvalue weighted by atomic mass is 10.0. The lowest BCUT2D eigenvalue weighted by Gasteiger charge is -2.29. The summed E-state index contributed by atoms with van der Waals surface area (Å²) in [6, 6.07) is 3.46. The number of hydrogen-bond donors (Lipinski definition) is 2. The van der Waals surface area contributed by atoms with Gasteiger partial charge in [0, 0.05) is 17.8 Å². The third-order valence-corrected chi connectivity index (χ3v) is 5.14. The van der Waals surface area contributed by atoms with E-state index >= 15 is 0 Å². The van der Waals surface area contributed by atoms with Crippen LogP contribution in [0, 0.1) is 0 Å². The molecule has 0 aliphatic carbocycles. The van der Waals surface area contributed by atoms with E-state index in [0.717, 1.165) is 19.4 Å². The number of nitrogens with one attached hydrogen (secondary N) is 2. The molecule has 0 saturated heterocycles. The summed E-state index contributed by atoms with van der Waals surface area (Å²) in [7, 11) is 0. The van der Waals surface area contributed by atoms with E-state index in [4.69, 9.17) is 0 Å². The van der Waals surface area contributed by atoms with Gasteiger partial charge in [-0.15, -0.1) is 10.2 Å². The van der Waals surface area contributed by atoms with Crippen molar-refractivity contribution in [2.75, 3.05) is 24.7 Å². The SMILES string of the molecule is CCNc1ccc(C(=O)NCC(CC)(CC)SC)nn1. The van der Waals surface area contributed by atoms with E-state index in [9.17, 15) is 4.79 Å². The first kappa shape index (κ1) is 16.8. The zero-order valence-corrected chi connectivity index (χ0v) is 13.5. The third kappa shape index (κ3) is 4.37. The number of rotatable bonds is 8. The van der Waals surface area contributed by atoms with Crippen LogP contribution in [0.1, 0.15) is 44.1 Å². The second-order valence-corrected chi connectivity index (χ2v) is 5.89. The van der Waals surface area contributed by atoms with Crippen molar-refractivity contribution in [1.82, 2.24) is 15.5 Å². The van der Waals surface area contributed by atoms with E-state index in [2.05, 4.69) is 40.9 Å². The molecule has 0 aliphatic heterocycles. The Bertz CT molecular complexity index is 409. The molecule has 0 bridgehead atoms. The topological polar surface area (TPSA) is 66.9 Å². The highest BCUT2D eigenvalue weighted by atomic mass is 32.2. The van der Waals surface area contributed by atoms with Crippen LogP contribution < -0.4 is 10.6 Å². The first-order valence-electron chi connectivity index (χ1n) is 7.01. The second-order valence-electron chi connectivity index (χ2n) is 4.61. The molecule has 5 nitrogen and oxygen atoms in total. The maximum Gasteiger partial charge on any atom is 0.271 e. The van der Waals surface area contributed by atoms with Crippen molar-refractivity contribution in [2.24, 2.45) is 0 Å². The van der Waals surface area contributed by atoms with Gasteiger partial charge in [0.2, 0.25) is 0 Å². The Balaban J connectivity index is 2.62. The molecule has 1 aromatic rings. The van der Waals surface area contributed by atoms with Crippen molar-refractivity contribution in [2.45, 2.75) is 38.4 Å². The summed E-state index contributed by atoms with van der Waals surface area (Å²) in [5, 5.41) is 13.9. The van der Waals surface area contributed by atoms with Crippen molar-refractivity contribution in [3.8, 4) is 0 Å². The fourth-order valence-electron chi connectivity index (χ4n) is 1.92. The fraction of sp³-hybridized carbons (Fsp3) is 0.643. The normalized spacial score (nSPS) is 11.2. The molecule has 0 saturated carbocycles. The Morgan fingerprint density at radius 3 is 2.40 bits per heavy atom. The smallest absolute Gasteiger partial charge is 0.271 e. The Kier molecular flexibility index (Phi) is 6.78. The number of nitrogens with zero attached hydrogens (tertiary/aromatic N) is 2. The standard InChI is InChI=1S/C14H24N4OS/c1-5-14(6-2,20-4)10-16-13(19)11-8-9-12(15-7-3)18-17-11/h8-9H,5-7,10H2,1-4H3,(H,15,18)(H,16,19). The van der Waals surface area contributed by atoms with Crippen LogP contribution in [-0.2, 0) is 0 Å². The van der Waals surface area contributed by atoms with E-state index in [1.807, 2.05) is 6.92 Å². The molecule has 6 heteroatoms. The van der Waals surface area contributed by atoms with Crippen molar-refractivity contribution in [1.29, 1.82) is 0 Å². The first-order chi connectivity index (χ1) is 9.60. The summed E-state index contributed by atoms with van der Waals surface area (Å²) < 4.78 is 0.104. The highest BCUT2D eigenvalue weighted by molar-refractivity contribution is 8.00. The molecule has 1 aromatic heterocycles. The summed E-state index contributed by atoms with van der Waals surface area (Å²) in [5.41, 5.74) is 0.355. The monoisotopic (exact) mass is 296 g/mol. The zero-order chi connectivity index (χ0) is 15.0. The molecule has 1 heterocycles. The molecule has 0 atom stereocenters. The van der Waals surface area contributed by atoms with E-state index in [1.54, 1.807) is 23.9 Å². The van der Waals surface area contributed by atoms with E-state index < -0.39 is 0 Å². The van der Waals surface area contributed by atoms with Crippen LogP contribution in [0.3, 0.4) is 0 Å². The fourth-order valence-corrected chi connectivity index (χ4v) is 2.72. The van der Waals surface area contributed by atoms with Gasteiger partial charge in [0.1, 0.15) is 5.82 Å². The maximum absolute atomic E-state index is 12.1. The Morgan fingerprint density at radius 1 is 1.25 bits per heavy atom. The number of thioether (sulfide) groups is 1. The quantitative estimate of drug-likeness (QED) is 0.772. The van der Waals surface area contributed by atoms with Crippen LogP contribution in [-0.4, -0.2) is 40.2 Å². The average Bonchev–Trinajstić information content (AvgIpc) is 2.50. The number of anilines is 1. The van der Waals surface area contributed by atoms with Gasteiger partial charge >= 0.3 is 0 Å². The summed E-state index contributed by atoms with van der Waals surface area (Å²) in [6.45, 7) is 7.72. The molecule has 20 heavy (non-hydrogen) atoms. The van der Waals surface area contributed by atoms with Gasteiger partial charge in [-0.05, 0) is 38.2 Å². The Morgan fingerprint density at radius 2 is 1.95 bits per heavy atom. The number of aromatic nitrogens is 2. The number of hydrogen-bond acceptors (Lipinski definition) is 5. The van der Waals surface area contributed by atoms with Gasteiger partial charge in [-0.1, -0.05) is 13.8 Å². The molecule has 1 amide bonds. The molecule has 2 N–H and O–H groups in total. The van der Waals surface area contributed by atoms with E-state index in [1.165, 1.54) is 0 Å². The largest absolute Gasteiger partial charge is 0.369 e. The lowest BCUT2D eigenvalue weighted by Crippen LogP contribution is -2.39. The molecular weight excluding hydrogens is 272 g/mol. The maximum atomic E-state index is 12.1. The van der Waals surface area contributed by atoms with Crippen LogP contribution in [0.15, 0.2) is 12.1 Å². The van der Waals surface area contributed by atoms with Gasteiger partial charge in [0.25, 0.3) is 5.91 Å². The molecule has 0 aromatic carbocycles. The molecule has 0 fully saturated rings. The number of carbonyl (C=O) groups is 1. The van der Waals surface area contributed by atoms with Gasteiger partial charge in [-0.2, -0.15) is 11.8 Å². The zero-order valence-electron chi connectivity index (χ0n) is 12.7. The van der Waals surface area contributed by atoms with E-state index in [-0.39, 0.29) is 10.7 Å². The minimum absolute atomic E-state index is 0.104. The predicted octanol–water partition coefficient (Wildman–Crippen LogP) is 2.56. The number of amides is 1. The summed E-state index contributed by atoms with van der Waals surface area (Å²) >= 11 is 1.80. The van der Waals surface area contributed by atoms with Crippen LogP contribution in [0.2, 0.25) is 0 Å². The Labute approximate surface area is 125 Å². The molecule has 0 radical (unpaired) electrons. The molecule has 0 spiro atoms. The predicted molar refractivity (Wildman–Crippen MR) is 85.4 cm³/mol. The second kappa shape index (κ2) is 8.09.